The number of aromatic hydroxyl groups is 1. The third-order valence-electron chi connectivity index (χ3n) is 4.38. The number of halogens is 1. The summed E-state index contributed by atoms with van der Waals surface area (Å²) in [6.45, 7) is 0.0758. The number of nitrogens with zero attached hydrogens (tertiary/aromatic N) is 2. The van der Waals surface area contributed by atoms with Crippen LogP contribution in [0, 0.1) is 0 Å². The van der Waals surface area contributed by atoms with Crippen molar-refractivity contribution in [3.05, 3.63) is 68.1 Å². The fourth-order valence-electron chi connectivity index (χ4n) is 3.01. The van der Waals surface area contributed by atoms with Crippen LogP contribution in [-0.4, -0.2) is 39.9 Å². The van der Waals surface area contributed by atoms with Gasteiger partial charge in [0.2, 0.25) is 0 Å². The zero-order valence-corrected chi connectivity index (χ0v) is 17.4. The van der Waals surface area contributed by atoms with Gasteiger partial charge < -0.3 is 19.7 Å². The van der Waals surface area contributed by atoms with Crippen molar-refractivity contribution in [1.29, 1.82) is 0 Å². The SMILES string of the molecule is COc1cc(/C=c2\sc3nc(-c4ccccc4OCCO)cn3c2=O)cc(Cl)c1O. The van der Waals surface area contributed by atoms with Gasteiger partial charge in [0.05, 0.1) is 29.0 Å². The van der Waals surface area contributed by atoms with Gasteiger partial charge in [0.15, 0.2) is 16.5 Å². The Morgan fingerprint density at radius 1 is 1.27 bits per heavy atom. The first kappa shape index (κ1) is 20.2. The highest BCUT2D eigenvalue weighted by atomic mass is 35.5. The Balaban J connectivity index is 1.77. The van der Waals surface area contributed by atoms with Gasteiger partial charge in [-0.3, -0.25) is 9.20 Å². The van der Waals surface area contributed by atoms with E-state index in [1.54, 1.807) is 30.5 Å². The second-order valence-corrected chi connectivity index (χ2v) is 7.73. The molecule has 4 aromatic rings. The van der Waals surface area contributed by atoms with Crippen molar-refractivity contribution in [2.45, 2.75) is 0 Å². The maximum absolute atomic E-state index is 12.9. The summed E-state index contributed by atoms with van der Waals surface area (Å²) in [7, 11) is 1.43. The van der Waals surface area contributed by atoms with Crippen molar-refractivity contribution < 1.29 is 19.7 Å². The largest absolute Gasteiger partial charge is 0.503 e. The van der Waals surface area contributed by atoms with Gasteiger partial charge in [-0.05, 0) is 35.9 Å². The highest BCUT2D eigenvalue weighted by molar-refractivity contribution is 7.15. The van der Waals surface area contributed by atoms with E-state index < -0.39 is 0 Å². The normalized spacial score (nSPS) is 11.9. The fourth-order valence-corrected chi connectivity index (χ4v) is 4.18. The number of thiazole rings is 1. The molecular formula is C21H17ClN2O5S. The Labute approximate surface area is 180 Å². The minimum atomic E-state index is -0.217. The number of phenolic OH excluding ortho intramolecular Hbond substituents is 1. The Kier molecular flexibility index (Phi) is 5.63. The van der Waals surface area contributed by atoms with Gasteiger partial charge in [0, 0.05) is 11.8 Å². The number of hydrogen-bond donors (Lipinski definition) is 2. The molecule has 0 spiro atoms. The molecule has 0 bridgehead atoms. The Morgan fingerprint density at radius 3 is 2.80 bits per heavy atom. The smallest absolute Gasteiger partial charge is 0.274 e. The summed E-state index contributed by atoms with van der Waals surface area (Å²) in [5.74, 6) is 0.665. The quantitative estimate of drug-likeness (QED) is 0.475. The maximum Gasteiger partial charge on any atom is 0.274 e. The summed E-state index contributed by atoms with van der Waals surface area (Å²) in [6.07, 6.45) is 3.34. The number of aliphatic hydroxyl groups is 1. The summed E-state index contributed by atoms with van der Waals surface area (Å²) in [5, 5.41) is 19.0. The first-order valence-corrected chi connectivity index (χ1v) is 10.1. The lowest BCUT2D eigenvalue weighted by molar-refractivity contribution is 0.202. The van der Waals surface area contributed by atoms with E-state index in [9.17, 15) is 9.90 Å². The number of aromatic nitrogens is 2. The van der Waals surface area contributed by atoms with Gasteiger partial charge in [-0.1, -0.05) is 35.1 Å². The number of imidazole rings is 1. The Bertz CT molecular complexity index is 1330. The molecular weight excluding hydrogens is 428 g/mol. The first-order chi connectivity index (χ1) is 14.5. The van der Waals surface area contributed by atoms with Crippen LogP contribution in [0.2, 0.25) is 5.02 Å². The lowest BCUT2D eigenvalue weighted by Crippen LogP contribution is -2.22. The molecule has 2 N–H and O–H groups in total. The van der Waals surface area contributed by atoms with Gasteiger partial charge in [0.25, 0.3) is 5.56 Å². The molecule has 2 aromatic carbocycles. The molecule has 9 heteroatoms. The van der Waals surface area contributed by atoms with Crippen molar-refractivity contribution in [2.24, 2.45) is 0 Å². The lowest BCUT2D eigenvalue weighted by Gasteiger charge is -2.08. The molecule has 0 radical (unpaired) electrons. The van der Waals surface area contributed by atoms with Crippen molar-refractivity contribution in [3.63, 3.8) is 0 Å². The standard InChI is InChI=1S/C21H17ClN2O5S/c1-28-17-9-12(8-14(22)19(17)26)10-18-20(27)24-11-15(23-21(24)30-18)13-4-2-3-5-16(13)29-7-6-25/h2-5,8-11,25-26H,6-7H2,1H3/b18-10-. The van der Waals surface area contributed by atoms with Gasteiger partial charge in [0.1, 0.15) is 12.4 Å². The highest BCUT2D eigenvalue weighted by Gasteiger charge is 2.14. The molecule has 0 aliphatic heterocycles. The third kappa shape index (κ3) is 3.72. The average molecular weight is 445 g/mol. The summed E-state index contributed by atoms with van der Waals surface area (Å²) < 4.78 is 12.6. The number of rotatable bonds is 6. The van der Waals surface area contributed by atoms with Crippen LogP contribution >= 0.6 is 22.9 Å². The number of hydrogen-bond acceptors (Lipinski definition) is 7. The van der Waals surface area contributed by atoms with Crippen LogP contribution < -0.4 is 19.6 Å². The molecule has 0 atom stereocenters. The van der Waals surface area contributed by atoms with E-state index in [2.05, 4.69) is 4.98 Å². The molecule has 0 aliphatic carbocycles. The number of para-hydroxylation sites is 1. The van der Waals surface area contributed by atoms with Crippen LogP contribution in [0.1, 0.15) is 5.56 Å². The summed E-state index contributed by atoms with van der Waals surface area (Å²) >= 11 is 7.27. The molecule has 4 rings (SSSR count). The lowest BCUT2D eigenvalue weighted by atomic mass is 10.1. The van der Waals surface area contributed by atoms with Crippen LogP contribution in [-0.2, 0) is 0 Å². The number of benzene rings is 2. The van der Waals surface area contributed by atoms with Crippen molar-refractivity contribution in [3.8, 4) is 28.5 Å². The van der Waals surface area contributed by atoms with E-state index in [4.69, 9.17) is 26.2 Å². The van der Waals surface area contributed by atoms with Crippen LogP contribution in [0.3, 0.4) is 0 Å². The molecule has 2 heterocycles. The molecule has 0 saturated carbocycles. The van der Waals surface area contributed by atoms with Crippen LogP contribution in [0.4, 0.5) is 0 Å². The van der Waals surface area contributed by atoms with E-state index in [1.165, 1.54) is 22.8 Å². The molecule has 0 fully saturated rings. The molecule has 0 amide bonds. The zero-order valence-electron chi connectivity index (χ0n) is 15.8. The summed E-state index contributed by atoms with van der Waals surface area (Å²) in [4.78, 5) is 18.0. The topological polar surface area (TPSA) is 93.3 Å². The van der Waals surface area contributed by atoms with Crippen molar-refractivity contribution >= 4 is 34.0 Å². The second kappa shape index (κ2) is 8.35. The summed E-state index contributed by atoms with van der Waals surface area (Å²) in [6, 6.07) is 10.5. The highest BCUT2D eigenvalue weighted by Crippen LogP contribution is 2.35. The predicted octanol–water partition coefficient (Wildman–Crippen LogP) is 2.71. The fraction of sp³-hybridized carbons (Fsp3) is 0.143. The first-order valence-electron chi connectivity index (χ1n) is 8.95. The second-order valence-electron chi connectivity index (χ2n) is 6.32. The molecule has 30 heavy (non-hydrogen) atoms. The van der Waals surface area contributed by atoms with E-state index in [0.717, 1.165) is 5.56 Å². The van der Waals surface area contributed by atoms with Crippen molar-refractivity contribution in [2.75, 3.05) is 20.3 Å². The van der Waals surface area contributed by atoms with Gasteiger partial charge in [-0.15, -0.1) is 0 Å². The average Bonchev–Trinajstić information content (AvgIpc) is 3.28. The van der Waals surface area contributed by atoms with Gasteiger partial charge in [-0.25, -0.2) is 4.98 Å². The minimum absolute atomic E-state index is 0.0947. The number of ether oxygens (including phenoxy) is 2. The third-order valence-corrected chi connectivity index (χ3v) is 5.66. The van der Waals surface area contributed by atoms with E-state index in [-0.39, 0.29) is 35.3 Å². The number of phenols is 1. The van der Waals surface area contributed by atoms with Crippen LogP contribution in [0.5, 0.6) is 17.2 Å². The van der Waals surface area contributed by atoms with Crippen molar-refractivity contribution in [1.82, 2.24) is 9.38 Å². The van der Waals surface area contributed by atoms with E-state index >= 15 is 0 Å². The maximum atomic E-state index is 12.9. The molecule has 7 nitrogen and oxygen atoms in total. The van der Waals surface area contributed by atoms with Gasteiger partial charge in [-0.2, -0.15) is 0 Å². The Hall–Kier alpha value is -3.07. The zero-order chi connectivity index (χ0) is 21.3. The monoisotopic (exact) mass is 444 g/mol. The molecule has 0 aliphatic rings. The Morgan fingerprint density at radius 2 is 2.07 bits per heavy atom. The van der Waals surface area contributed by atoms with E-state index in [0.29, 0.717) is 26.5 Å². The van der Waals surface area contributed by atoms with Crippen LogP contribution in [0.15, 0.2) is 47.4 Å². The predicted molar refractivity (Wildman–Crippen MR) is 116 cm³/mol. The number of aliphatic hydroxyl groups excluding tert-OH is 1. The molecule has 154 valence electrons. The number of methoxy groups -OCH3 is 1. The van der Waals surface area contributed by atoms with Gasteiger partial charge >= 0.3 is 0 Å². The number of fused-ring (bicyclic) bond motifs is 1. The van der Waals surface area contributed by atoms with E-state index in [1.807, 2.05) is 18.2 Å². The van der Waals surface area contributed by atoms with Crippen LogP contribution in [0.25, 0.3) is 22.3 Å². The molecule has 0 saturated heterocycles. The minimum Gasteiger partial charge on any atom is -0.503 e. The molecule has 0 unspecified atom stereocenters. The molecule has 2 aromatic heterocycles. The summed E-state index contributed by atoms with van der Waals surface area (Å²) in [5.41, 5.74) is 1.75.